The molecule has 27 heavy (non-hydrogen) atoms. The van der Waals surface area contributed by atoms with Gasteiger partial charge in [0.25, 0.3) is 0 Å². The van der Waals surface area contributed by atoms with Gasteiger partial charge in [-0.3, -0.25) is 4.90 Å². The SMILES string of the molecule is N[C@@H]1CCCN([C@H]2Cc3cc(Cl)ccc3[C@H]2OCc2cc(F)ccc2Cl)C1. The first-order valence-corrected chi connectivity index (χ1v) is 10.1. The molecule has 0 bridgehead atoms. The zero-order chi connectivity index (χ0) is 19.0. The van der Waals surface area contributed by atoms with Crippen LogP contribution in [0.5, 0.6) is 0 Å². The van der Waals surface area contributed by atoms with Crippen LogP contribution in [-0.2, 0) is 17.8 Å². The summed E-state index contributed by atoms with van der Waals surface area (Å²) in [6.45, 7) is 2.15. The fourth-order valence-electron chi connectivity index (χ4n) is 4.26. The Balaban J connectivity index is 1.58. The van der Waals surface area contributed by atoms with Crippen molar-refractivity contribution in [3.05, 3.63) is 69.0 Å². The van der Waals surface area contributed by atoms with E-state index in [4.69, 9.17) is 33.7 Å². The quantitative estimate of drug-likeness (QED) is 0.793. The number of rotatable bonds is 4. The minimum atomic E-state index is -0.310. The van der Waals surface area contributed by atoms with Gasteiger partial charge in [0.2, 0.25) is 0 Å². The third-order valence-corrected chi connectivity index (χ3v) is 6.18. The Bertz CT molecular complexity index is 832. The molecule has 1 fully saturated rings. The summed E-state index contributed by atoms with van der Waals surface area (Å²) in [5.74, 6) is -0.310. The lowest BCUT2D eigenvalue weighted by Gasteiger charge is -2.38. The van der Waals surface area contributed by atoms with Crippen molar-refractivity contribution in [1.29, 1.82) is 0 Å². The summed E-state index contributed by atoms with van der Waals surface area (Å²) >= 11 is 12.4. The second-order valence-electron chi connectivity index (χ2n) is 7.48. The van der Waals surface area contributed by atoms with Crippen molar-refractivity contribution in [3.63, 3.8) is 0 Å². The van der Waals surface area contributed by atoms with Gasteiger partial charge in [-0.25, -0.2) is 4.39 Å². The standard InChI is InChI=1S/C21H23Cl2FN2O/c22-15-3-5-18-13(8-15)10-20(26-7-1-2-17(25)11-26)21(18)27-12-14-9-16(24)4-6-19(14)23/h3-6,8-9,17,20-21H,1-2,7,10-12,25H2/t17-,20+,21-/m1/s1. The van der Waals surface area contributed by atoms with Gasteiger partial charge in [-0.05, 0) is 72.8 Å². The molecule has 3 atom stereocenters. The van der Waals surface area contributed by atoms with E-state index in [1.54, 1.807) is 6.07 Å². The normalized spacial score (nSPS) is 25.6. The number of benzene rings is 2. The molecule has 0 spiro atoms. The maximum absolute atomic E-state index is 13.6. The van der Waals surface area contributed by atoms with Crippen LogP contribution in [0.15, 0.2) is 36.4 Å². The van der Waals surface area contributed by atoms with E-state index in [0.717, 1.165) is 42.9 Å². The first kappa shape index (κ1) is 19.2. The highest BCUT2D eigenvalue weighted by atomic mass is 35.5. The second kappa shape index (κ2) is 8.06. The lowest BCUT2D eigenvalue weighted by atomic mass is 10.0. The molecule has 3 nitrogen and oxygen atoms in total. The van der Waals surface area contributed by atoms with Crippen LogP contribution in [0.25, 0.3) is 0 Å². The van der Waals surface area contributed by atoms with Gasteiger partial charge in [-0.15, -0.1) is 0 Å². The van der Waals surface area contributed by atoms with E-state index in [9.17, 15) is 4.39 Å². The van der Waals surface area contributed by atoms with Crippen LogP contribution >= 0.6 is 23.2 Å². The number of hydrogen-bond acceptors (Lipinski definition) is 3. The van der Waals surface area contributed by atoms with Gasteiger partial charge in [-0.2, -0.15) is 0 Å². The third kappa shape index (κ3) is 4.15. The number of nitrogens with zero attached hydrogens (tertiary/aromatic N) is 1. The van der Waals surface area contributed by atoms with Crippen LogP contribution in [0.1, 0.15) is 35.6 Å². The summed E-state index contributed by atoms with van der Waals surface area (Å²) in [7, 11) is 0. The molecule has 0 radical (unpaired) electrons. The molecule has 1 heterocycles. The summed E-state index contributed by atoms with van der Waals surface area (Å²) < 4.78 is 19.9. The highest BCUT2D eigenvalue weighted by molar-refractivity contribution is 6.31. The number of fused-ring (bicyclic) bond motifs is 1. The molecule has 4 rings (SSSR count). The highest BCUT2D eigenvalue weighted by Gasteiger charge is 2.38. The molecule has 1 aliphatic heterocycles. The molecule has 2 aromatic rings. The molecule has 0 unspecified atom stereocenters. The first-order chi connectivity index (χ1) is 13.0. The average Bonchev–Trinajstić information content (AvgIpc) is 3.00. The maximum Gasteiger partial charge on any atom is 0.123 e. The van der Waals surface area contributed by atoms with Gasteiger partial charge in [0.1, 0.15) is 5.82 Å². The van der Waals surface area contributed by atoms with Crippen molar-refractivity contribution >= 4 is 23.2 Å². The van der Waals surface area contributed by atoms with Crippen LogP contribution in [0, 0.1) is 5.82 Å². The number of nitrogens with two attached hydrogens (primary N) is 1. The fourth-order valence-corrected chi connectivity index (χ4v) is 4.63. The zero-order valence-electron chi connectivity index (χ0n) is 15.0. The van der Waals surface area contributed by atoms with E-state index >= 15 is 0 Å². The molecular formula is C21H23Cl2FN2O. The Morgan fingerprint density at radius 3 is 2.85 bits per heavy atom. The summed E-state index contributed by atoms with van der Waals surface area (Å²) in [4.78, 5) is 2.43. The molecule has 1 saturated heterocycles. The third-order valence-electron chi connectivity index (χ3n) is 5.57. The van der Waals surface area contributed by atoms with Crippen molar-refractivity contribution < 1.29 is 9.13 Å². The van der Waals surface area contributed by atoms with E-state index < -0.39 is 0 Å². The highest BCUT2D eigenvalue weighted by Crippen LogP contribution is 2.40. The lowest BCUT2D eigenvalue weighted by Crippen LogP contribution is -2.49. The molecule has 0 amide bonds. The molecule has 2 aromatic carbocycles. The van der Waals surface area contributed by atoms with Crippen molar-refractivity contribution in [2.45, 2.75) is 44.1 Å². The van der Waals surface area contributed by atoms with E-state index in [0.29, 0.717) is 10.6 Å². The van der Waals surface area contributed by atoms with Crippen molar-refractivity contribution in [1.82, 2.24) is 4.90 Å². The van der Waals surface area contributed by atoms with E-state index in [2.05, 4.69) is 4.90 Å². The predicted octanol–water partition coefficient (Wildman–Crippen LogP) is 4.74. The number of ether oxygens (including phenoxy) is 1. The Morgan fingerprint density at radius 1 is 1.19 bits per heavy atom. The molecule has 6 heteroatoms. The average molecular weight is 409 g/mol. The molecule has 0 aromatic heterocycles. The Labute approximate surface area is 169 Å². The van der Waals surface area contributed by atoms with Crippen molar-refractivity contribution in [2.24, 2.45) is 5.73 Å². The smallest absolute Gasteiger partial charge is 0.123 e. The fraction of sp³-hybridized carbons (Fsp3) is 0.429. The number of likely N-dealkylation sites (tertiary alicyclic amines) is 1. The topological polar surface area (TPSA) is 38.5 Å². The second-order valence-corrected chi connectivity index (χ2v) is 8.32. The largest absolute Gasteiger partial charge is 0.367 e. The van der Waals surface area contributed by atoms with E-state index in [1.807, 2.05) is 18.2 Å². The van der Waals surface area contributed by atoms with Gasteiger partial charge >= 0.3 is 0 Å². The molecule has 2 aliphatic rings. The van der Waals surface area contributed by atoms with Crippen LogP contribution in [0.2, 0.25) is 10.0 Å². The van der Waals surface area contributed by atoms with Crippen molar-refractivity contribution in [2.75, 3.05) is 13.1 Å². The minimum Gasteiger partial charge on any atom is -0.367 e. The van der Waals surface area contributed by atoms with Crippen LogP contribution in [0.3, 0.4) is 0 Å². The van der Waals surface area contributed by atoms with Crippen LogP contribution in [0.4, 0.5) is 4.39 Å². The van der Waals surface area contributed by atoms with Gasteiger partial charge in [-0.1, -0.05) is 29.3 Å². The van der Waals surface area contributed by atoms with Crippen molar-refractivity contribution in [3.8, 4) is 0 Å². The molecule has 144 valence electrons. The Hall–Kier alpha value is -1.17. The summed E-state index contributed by atoms with van der Waals surface area (Å²) in [6.07, 6.45) is 2.93. The van der Waals surface area contributed by atoms with Crippen LogP contribution in [-0.4, -0.2) is 30.1 Å². The molecule has 1 aliphatic carbocycles. The summed E-state index contributed by atoms with van der Waals surface area (Å²) in [5.41, 5.74) is 9.23. The number of hydrogen-bond donors (Lipinski definition) is 1. The summed E-state index contributed by atoms with van der Waals surface area (Å²) in [6, 6.07) is 10.7. The lowest BCUT2D eigenvalue weighted by molar-refractivity contribution is -0.0237. The number of piperidine rings is 1. The zero-order valence-corrected chi connectivity index (χ0v) is 16.5. The number of halogens is 3. The molecule has 0 saturated carbocycles. The van der Waals surface area contributed by atoms with Gasteiger partial charge in [0, 0.05) is 28.7 Å². The van der Waals surface area contributed by atoms with Gasteiger partial charge < -0.3 is 10.5 Å². The molecular weight excluding hydrogens is 386 g/mol. The van der Waals surface area contributed by atoms with Crippen LogP contribution < -0.4 is 5.73 Å². The summed E-state index contributed by atoms with van der Waals surface area (Å²) in [5, 5.41) is 1.25. The minimum absolute atomic E-state index is 0.109. The molecule has 2 N–H and O–H groups in total. The predicted molar refractivity (Wildman–Crippen MR) is 107 cm³/mol. The first-order valence-electron chi connectivity index (χ1n) is 9.35. The van der Waals surface area contributed by atoms with E-state index in [1.165, 1.54) is 17.7 Å². The monoisotopic (exact) mass is 408 g/mol. The van der Waals surface area contributed by atoms with E-state index in [-0.39, 0.29) is 30.6 Å². The Kier molecular flexibility index (Phi) is 5.72. The van der Waals surface area contributed by atoms with Gasteiger partial charge in [0.05, 0.1) is 12.7 Å². The van der Waals surface area contributed by atoms with Gasteiger partial charge in [0.15, 0.2) is 0 Å². The maximum atomic E-state index is 13.6. The Morgan fingerprint density at radius 2 is 2.04 bits per heavy atom.